The molecule has 1 aromatic heterocycles. The highest BCUT2D eigenvalue weighted by Crippen LogP contribution is 2.21. The zero-order valence-electron chi connectivity index (χ0n) is 11.6. The van der Waals surface area contributed by atoms with Gasteiger partial charge in [0.05, 0.1) is 11.7 Å². The predicted octanol–water partition coefficient (Wildman–Crippen LogP) is 3.33. The number of nitrogens with zero attached hydrogens (tertiary/aromatic N) is 1. The van der Waals surface area contributed by atoms with Gasteiger partial charge in [-0.2, -0.15) is 0 Å². The normalized spacial score (nSPS) is 12.8. The van der Waals surface area contributed by atoms with E-state index < -0.39 is 5.97 Å². The lowest BCUT2D eigenvalue weighted by atomic mass is 10.1. The molecule has 100 valence electrons. The van der Waals surface area contributed by atoms with Crippen LogP contribution in [0.15, 0.2) is 12.1 Å². The first-order valence-electron chi connectivity index (χ1n) is 6.23. The molecular formula is C14H21NO3. The van der Waals surface area contributed by atoms with E-state index in [4.69, 9.17) is 9.84 Å². The molecule has 18 heavy (non-hydrogen) atoms. The summed E-state index contributed by atoms with van der Waals surface area (Å²) in [6, 6.07) is 3.08. The number of aromatic nitrogens is 1. The van der Waals surface area contributed by atoms with E-state index in [9.17, 15) is 4.79 Å². The van der Waals surface area contributed by atoms with Crippen molar-refractivity contribution in [3.05, 3.63) is 23.4 Å². The molecule has 0 amide bonds. The fourth-order valence-electron chi connectivity index (χ4n) is 1.33. The molecule has 0 aliphatic rings. The van der Waals surface area contributed by atoms with Crippen LogP contribution in [0.3, 0.4) is 0 Å². The van der Waals surface area contributed by atoms with Crippen LogP contribution in [0.25, 0.3) is 0 Å². The number of aromatic carboxylic acids is 1. The van der Waals surface area contributed by atoms with Crippen molar-refractivity contribution in [3.63, 3.8) is 0 Å². The van der Waals surface area contributed by atoms with Crippen LogP contribution in [0, 0.1) is 5.92 Å². The zero-order valence-corrected chi connectivity index (χ0v) is 11.6. The van der Waals surface area contributed by atoms with Gasteiger partial charge >= 0.3 is 5.97 Å². The smallest absolute Gasteiger partial charge is 0.335 e. The molecule has 0 bridgehead atoms. The van der Waals surface area contributed by atoms with Gasteiger partial charge in [0, 0.05) is 11.8 Å². The van der Waals surface area contributed by atoms with Gasteiger partial charge in [0.1, 0.15) is 0 Å². The van der Waals surface area contributed by atoms with Crippen molar-refractivity contribution >= 4 is 5.97 Å². The number of hydrogen-bond acceptors (Lipinski definition) is 3. The van der Waals surface area contributed by atoms with Crippen LogP contribution in [0.1, 0.15) is 56.6 Å². The van der Waals surface area contributed by atoms with E-state index in [2.05, 4.69) is 18.8 Å². The number of carbonyl (C=O) groups is 1. The lowest BCUT2D eigenvalue weighted by Crippen LogP contribution is -2.20. The van der Waals surface area contributed by atoms with Crippen molar-refractivity contribution in [2.75, 3.05) is 0 Å². The third kappa shape index (κ3) is 3.72. The van der Waals surface area contributed by atoms with Gasteiger partial charge < -0.3 is 9.84 Å². The molecule has 0 spiro atoms. The summed E-state index contributed by atoms with van der Waals surface area (Å²) in [6.45, 7) is 10.0. The summed E-state index contributed by atoms with van der Waals surface area (Å²) in [5.41, 5.74) is 0.959. The number of ether oxygens (including phenoxy) is 1. The number of hydrogen-bond donors (Lipinski definition) is 1. The number of pyridine rings is 1. The molecule has 1 aromatic rings. The maximum Gasteiger partial charge on any atom is 0.335 e. The molecule has 0 aliphatic heterocycles. The van der Waals surface area contributed by atoms with E-state index in [-0.39, 0.29) is 17.6 Å². The molecular weight excluding hydrogens is 230 g/mol. The van der Waals surface area contributed by atoms with Crippen molar-refractivity contribution < 1.29 is 14.6 Å². The van der Waals surface area contributed by atoms with Gasteiger partial charge in [-0.1, -0.05) is 27.7 Å². The second kappa shape index (κ2) is 5.85. The van der Waals surface area contributed by atoms with E-state index in [1.54, 1.807) is 6.07 Å². The Bertz CT molecular complexity index is 427. The molecule has 0 fully saturated rings. The quantitative estimate of drug-likeness (QED) is 0.872. The molecule has 1 unspecified atom stereocenters. The van der Waals surface area contributed by atoms with Crippen molar-refractivity contribution in [1.29, 1.82) is 0 Å². The van der Waals surface area contributed by atoms with E-state index in [0.717, 1.165) is 5.69 Å². The highest BCUT2D eigenvalue weighted by molar-refractivity contribution is 5.88. The second-order valence-corrected chi connectivity index (χ2v) is 5.15. The van der Waals surface area contributed by atoms with E-state index in [0.29, 0.717) is 11.8 Å². The van der Waals surface area contributed by atoms with Gasteiger partial charge in [0.2, 0.25) is 5.88 Å². The van der Waals surface area contributed by atoms with Crippen molar-refractivity contribution in [2.45, 2.75) is 46.6 Å². The number of carboxylic acid groups (broad SMARTS) is 1. The lowest BCUT2D eigenvalue weighted by molar-refractivity contribution is 0.0695. The summed E-state index contributed by atoms with van der Waals surface area (Å²) in [5.74, 6) is -0.0510. The zero-order chi connectivity index (χ0) is 13.9. The molecule has 4 nitrogen and oxygen atoms in total. The molecule has 0 radical (unpaired) electrons. The summed E-state index contributed by atoms with van der Waals surface area (Å²) in [7, 11) is 0. The standard InChI is InChI=1S/C14H21NO3/c1-8(2)10(5)18-13-7-11(14(16)17)6-12(15-13)9(3)4/h6-10H,1-5H3,(H,16,17). The molecule has 0 aromatic carbocycles. The maximum atomic E-state index is 11.1. The Labute approximate surface area is 108 Å². The van der Waals surface area contributed by atoms with Crippen LogP contribution in [0.2, 0.25) is 0 Å². The minimum Gasteiger partial charge on any atom is -0.478 e. The molecule has 0 saturated carbocycles. The van der Waals surface area contributed by atoms with Gasteiger partial charge in [0.25, 0.3) is 0 Å². The molecule has 1 heterocycles. The van der Waals surface area contributed by atoms with Gasteiger partial charge in [-0.05, 0) is 24.8 Å². The van der Waals surface area contributed by atoms with Gasteiger partial charge in [-0.15, -0.1) is 0 Å². The summed E-state index contributed by atoms with van der Waals surface area (Å²) in [6.07, 6.45) is 0.00144. The third-order valence-electron chi connectivity index (χ3n) is 2.91. The summed E-state index contributed by atoms with van der Waals surface area (Å²) in [5, 5.41) is 9.08. The topological polar surface area (TPSA) is 59.4 Å². The van der Waals surface area contributed by atoms with E-state index in [1.165, 1.54) is 6.07 Å². The highest BCUT2D eigenvalue weighted by atomic mass is 16.5. The number of carboxylic acids is 1. The predicted molar refractivity (Wildman–Crippen MR) is 70.2 cm³/mol. The molecule has 4 heteroatoms. The van der Waals surface area contributed by atoms with Crippen LogP contribution in [-0.2, 0) is 0 Å². The lowest BCUT2D eigenvalue weighted by Gasteiger charge is -2.18. The first kappa shape index (κ1) is 14.5. The van der Waals surface area contributed by atoms with Crippen LogP contribution in [0.4, 0.5) is 0 Å². The SMILES string of the molecule is CC(C)c1cc(C(=O)O)cc(OC(C)C(C)C)n1. The monoisotopic (exact) mass is 251 g/mol. The molecule has 0 aliphatic carbocycles. The Morgan fingerprint density at radius 3 is 2.28 bits per heavy atom. The Morgan fingerprint density at radius 1 is 1.22 bits per heavy atom. The van der Waals surface area contributed by atoms with Crippen molar-refractivity contribution in [2.24, 2.45) is 5.92 Å². The highest BCUT2D eigenvalue weighted by Gasteiger charge is 2.14. The molecule has 0 saturated heterocycles. The first-order valence-corrected chi connectivity index (χ1v) is 6.23. The van der Waals surface area contributed by atoms with Crippen molar-refractivity contribution in [3.8, 4) is 5.88 Å². The van der Waals surface area contributed by atoms with Crippen LogP contribution in [-0.4, -0.2) is 22.2 Å². The summed E-state index contributed by atoms with van der Waals surface area (Å²) >= 11 is 0. The Kier molecular flexibility index (Phi) is 4.70. The summed E-state index contributed by atoms with van der Waals surface area (Å²) < 4.78 is 5.68. The fraction of sp³-hybridized carbons (Fsp3) is 0.571. The first-order chi connectivity index (χ1) is 8.31. The largest absolute Gasteiger partial charge is 0.478 e. The molecule has 1 atom stereocenters. The van der Waals surface area contributed by atoms with Gasteiger partial charge in [0.15, 0.2) is 0 Å². The van der Waals surface area contributed by atoms with Crippen LogP contribution < -0.4 is 4.74 Å². The minimum atomic E-state index is -0.957. The number of rotatable bonds is 5. The van der Waals surface area contributed by atoms with E-state index in [1.807, 2.05) is 20.8 Å². The summed E-state index contributed by atoms with van der Waals surface area (Å²) in [4.78, 5) is 15.4. The maximum absolute atomic E-state index is 11.1. The van der Waals surface area contributed by atoms with Gasteiger partial charge in [-0.25, -0.2) is 9.78 Å². The van der Waals surface area contributed by atoms with E-state index >= 15 is 0 Å². The van der Waals surface area contributed by atoms with Crippen LogP contribution in [0.5, 0.6) is 5.88 Å². The van der Waals surface area contributed by atoms with Crippen LogP contribution >= 0.6 is 0 Å². The molecule has 1 rings (SSSR count). The Hall–Kier alpha value is -1.58. The molecule has 1 N–H and O–H groups in total. The minimum absolute atomic E-state index is 0.00144. The second-order valence-electron chi connectivity index (χ2n) is 5.15. The third-order valence-corrected chi connectivity index (χ3v) is 2.91. The fourth-order valence-corrected chi connectivity index (χ4v) is 1.33. The Morgan fingerprint density at radius 2 is 1.83 bits per heavy atom. The van der Waals surface area contributed by atoms with Crippen molar-refractivity contribution in [1.82, 2.24) is 4.98 Å². The Balaban J connectivity index is 3.07. The average molecular weight is 251 g/mol. The average Bonchev–Trinajstić information content (AvgIpc) is 2.28. The van der Waals surface area contributed by atoms with Gasteiger partial charge in [-0.3, -0.25) is 0 Å².